The molecule has 19 heavy (non-hydrogen) atoms. The minimum atomic E-state index is 0.808. The minimum absolute atomic E-state index is 0.808. The molecule has 2 heterocycles. The fourth-order valence-electron chi connectivity index (χ4n) is 4.72. The van der Waals surface area contributed by atoms with Crippen LogP contribution < -0.4 is 5.32 Å². The second kappa shape index (κ2) is 6.58. The van der Waals surface area contributed by atoms with Crippen molar-refractivity contribution >= 4 is 0 Å². The molecule has 2 nitrogen and oxygen atoms in total. The number of hydrogen-bond donors (Lipinski definition) is 1. The number of hydrogen-bond acceptors (Lipinski definition) is 2. The van der Waals surface area contributed by atoms with Crippen LogP contribution in [-0.2, 0) is 0 Å². The number of nitrogens with one attached hydrogen (secondary N) is 1. The van der Waals surface area contributed by atoms with Gasteiger partial charge < -0.3 is 5.32 Å². The minimum Gasteiger partial charge on any atom is -0.310 e. The van der Waals surface area contributed by atoms with Crippen LogP contribution in [-0.4, -0.2) is 36.1 Å². The van der Waals surface area contributed by atoms with Gasteiger partial charge in [-0.05, 0) is 51.0 Å². The maximum absolute atomic E-state index is 3.82. The van der Waals surface area contributed by atoms with Gasteiger partial charge in [0.25, 0.3) is 0 Å². The van der Waals surface area contributed by atoms with E-state index >= 15 is 0 Å². The molecule has 0 radical (unpaired) electrons. The van der Waals surface area contributed by atoms with E-state index in [1.807, 2.05) is 0 Å². The third-order valence-electron chi connectivity index (χ3n) is 5.83. The van der Waals surface area contributed by atoms with Crippen molar-refractivity contribution in [2.24, 2.45) is 5.92 Å². The van der Waals surface area contributed by atoms with Gasteiger partial charge in [-0.1, -0.05) is 32.6 Å². The topological polar surface area (TPSA) is 15.3 Å². The van der Waals surface area contributed by atoms with E-state index in [1.54, 1.807) is 0 Å². The number of likely N-dealkylation sites (tertiary alicyclic amines) is 1. The Hall–Kier alpha value is -0.0800. The third kappa shape index (κ3) is 3.52. The highest BCUT2D eigenvalue weighted by Crippen LogP contribution is 2.31. The van der Waals surface area contributed by atoms with Crippen molar-refractivity contribution in [1.29, 1.82) is 0 Å². The second-order valence-electron chi connectivity index (χ2n) is 7.24. The van der Waals surface area contributed by atoms with Crippen molar-refractivity contribution in [1.82, 2.24) is 10.2 Å². The van der Waals surface area contributed by atoms with Crippen LogP contribution in [0.4, 0.5) is 0 Å². The third-order valence-corrected chi connectivity index (χ3v) is 5.83. The quantitative estimate of drug-likeness (QED) is 0.784. The largest absolute Gasteiger partial charge is 0.310 e. The molecule has 0 amide bonds. The molecule has 1 aliphatic carbocycles. The molecule has 0 aromatic carbocycles. The van der Waals surface area contributed by atoms with Gasteiger partial charge in [0.2, 0.25) is 0 Å². The zero-order valence-electron chi connectivity index (χ0n) is 12.7. The normalized spacial score (nSPS) is 40.9. The van der Waals surface area contributed by atoms with E-state index in [0.717, 1.165) is 24.0 Å². The average molecular weight is 264 g/mol. The van der Waals surface area contributed by atoms with Crippen molar-refractivity contribution in [2.75, 3.05) is 13.1 Å². The Morgan fingerprint density at radius 2 is 1.84 bits per heavy atom. The van der Waals surface area contributed by atoms with E-state index < -0.39 is 0 Å². The van der Waals surface area contributed by atoms with Gasteiger partial charge in [0.15, 0.2) is 0 Å². The van der Waals surface area contributed by atoms with Gasteiger partial charge in [0.1, 0.15) is 0 Å². The first-order valence-corrected chi connectivity index (χ1v) is 8.85. The summed E-state index contributed by atoms with van der Waals surface area (Å²) in [4.78, 5) is 2.85. The monoisotopic (exact) mass is 264 g/mol. The number of nitrogens with zero attached hydrogens (tertiary/aromatic N) is 1. The average Bonchev–Trinajstić information content (AvgIpc) is 2.60. The summed E-state index contributed by atoms with van der Waals surface area (Å²) in [6.45, 7) is 5.04. The summed E-state index contributed by atoms with van der Waals surface area (Å²) >= 11 is 0. The van der Waals surface area contributed by atoms with E-state index in [0.29, 0.717) is 0 Å². The summed E-state index contributed by atoms with van der Waals surface area (Å²) in [5.74, 6) is 1.04. The maximum atomic E-state index is 3.82. The lowest BCUT2D eigenvalue weighted by Gasteiger charge is -2.32. The second-order valence-corrected chi connectivity index (χ2v) is 7.24. The number of rotatable bonds is 3. The molecule has 2 saturated heterocycles. The molecule has 1 saturated carbocycles. The zero-order chi connectivity index (χ0) is 13.1. The molecule has 0 aromatic rings. The van der Waals surface area contributed by atoms with Gasteiger partial charge in [-0.15, -0.1) is 0 Å². The van der Waals surface area contributed by atoms with Crippen molar-refractivity contribution in [2.45, 2.75) is 89.3 Å². The van der Waals surface area contributed by atoms with Crippen LogP contribution in [0.2, 0.25) is 0 Å². The summed E-state index contributed by atoms with van der Waals surface area (Å²) in [6.07, 6.45) is 14.5. The highest BCUT2D eigenvalue weighted by Gasteiger charge is 2.32. The Balaban J connectivity index is 1.53. The molecule has 3 aliphatic rings. The first-order valence-electron chi connectivity index (χ1n) is 8.85. The van der Waals surface area contributed by atoms with Crippen LogP contribution in [0.1, 0.15) is 71.1 Å². The Bertz CT molecular complexity index is 278. The van der Waals surface area contributed by atoms with Crippen LogP contribution in [0.15, 0.2) is 0 Å². The molecular weight excluding hydrogens is 232 g/mol. The van der Waals surface area contributed by atoms with Gasteiger partial charge in [0, 0.05) is 24.7 Å². The van der Waals surface area contributed by atoms with E-state index in [1.165, 1.54) is 77.3 Å². The fraction of sp³-hybridized carbons (Fsp3) is 1.00. The van der Waals surface area contributed by atoms with Gasteiger partial charge in [-0.25, -0.2) is 0 Å². The van der Waals surface area contributed by atoms with Crippen LogP contribution >= 0.6 is 0 Å². The molecule has 4 unspecified atom stereocenters. The van der Waals surface area contributed by atoms with E-state index in [4.69, 9.17) is 0 Å². The predicted octanol–water partition coefficient (Wildman–Crippen LogP) is 3.56. The molecule has 0 aromatic heterocycles. The van der Waals surface area contributed by atoms with E-state index in [-0.39, 0.29) is 0 Å². The van der Waals surface area contributed by atoms with Gasteiger partial charge in [0.05, 0.1) is 0 Å². The molecule has 0 spiro atoms. The highest BCUT2D eigenvalue weighted by molar-refractivity contribution is 4.92. The summed E-state index contributed by atoms with van der Waals surface area (Å²) in [5, 5.41) is 3.82. The molecule has 110 valence electrons. The van der Waals surface area contributed by atoms with Gasteiger partial charge in [-0.3, -0.25) is 4.90 Å². The lowest BCUT2D eigenvalue weighted by Crippen LogP contribution is -2.41. The molecular formula is C17H32N2. The lowest BCUT2D eigenvalue weighted by atomic mass is 9.95. The van der Waals surface area contributed by atoms with E-state index in [2.05, 4.69) is 17.1 Å². The van der Waals surface area contributed by atoms with Crippen molar-refractivity contribution in [3.05, 3.63) is 0 Å². The maximum Gasteiger partial charge on any atom is 0.0198 e. The molecule has 4 atom stereocenters. The Morgan fingerprint density at radius 3 is 2.74 bits per heavy atom. The first-order chi connectivity index (χ1) is 9.35. The Kier molecular flexibility index (Phi) is 4.81. The summed E-state index contributed by atoms with van der Waals surface area (Å²) < 4.78 is 0. The molecule has 1 N–H and O–H groups in total. The van der Waals surface area contributed by atoms with Crippen molar-refractivity contribution in [3.8, 4) is 0 Å². The van der Waals surface area contributed by atoms with Gasteiger partial charge in [-0.2, -0.15) is 0 Å². The van der Waals surface area contributed by atoms with Crippen molar-refractivity contribution in [3.63, 3.8) is 0 Å². The van der Waals surface area contributed by atoms with Crippen molar-refractivity contribution < 1.29 is 0 Å². The standard InChI is InChI=1S/C17H32N2/c1-2-4-14-5-3-6-17(10-7-14)19-12-11-15-8-9-16(13-19)18-15/h14-18H,2-13H2,1H3. The first kappa shape index (κ1) is 13.9. The molecule has 3 fully saturated rings. The summed E-state index contributed by atoms with van der Waals surface area (Å²) in [5.41, 5.74) is 0. The molecule has 2 aliphatic heterocycles. The molecule has 3 rings (SSSR count). The smallest absolute Gasteiger partial charge is 0.0198 e. The van der Waals surface area contributed by atoms with Crippen LogP contribution in [0, 0.1) is 5.92 Å². The zero-order valence-corrected chi connectivity index (χ0v) is 12.7. The van der Waals surface area contributed by atoms with Crippen LogP contribution in [0.3, 0.4) is 0 Å². The SMILES string of the molecule is CCCC1CCCC(N2CCC3CCC(C2)N3)CC1. The van der Waals surface area contributed by atoms with Crippen LogP contribution in [0.25, 0.3) is 0 Å². The molecule has 2 heteroatoms. The Morgan fingerprint density at radius 1 is 0.947 bits per heavy atom. The highest BCUT2D eigenvalue weighted by atomic mass is 15.2. The number of fused-ring (bicyclic) bond motifs is 2. The lowest BCUT2D eigenvalue weighted by molar-refractivity contribution is 0.169. The fourth-order valence-corrected chi connectivity index (χ4v) is 4.72. The molecule has 2 bridgehead atoms. The van der Waals surface area contributed by atoms with E-state index in [9.17, 15) is 0 Å². The Labute approximate surface area is 119 Å². The predicted molar refractivity (Wildman–Crippen MR) is 81.4 cm³/mol. The summed E-state index contributed by atoms with van der Waals surface area (Å²) in [6, 6.07) is 2.55. The summed E-state index contributed by atoms with van der Waals surface area (Å²) in [7, 11) is 0. The van der Waals surface area contributed by atoms with Gasteiger partial charge >= 0.3 is 0 Å². The van der Waals surface area contributed by atoms with Crippen LogP contribution in [0.5, 0.6) is 0 Å².